The molecule has 8 N–H and O–H groups in total. The van der Waals surface area contributed by atoms with Crippen molar-refractivity contribution in [3.05, 3.63) is 210 Å². The second kappa shape index (κ2) is 60.0. The topological polar surface area (TPSA) is 548 Å². The third-order valence-electron chi connectivity index (χ3n) is 23.8. The minimum Gasteiger partial charge on any atom is -0.414 e. The number of rotatable bonds is 35. The number of nitrogens with one attached hydrogen (secondary N) is 6. The molecule has 12 heterocycles. The van der Waals surface area contributed by atoms with Crippen molar-refractivity contribution in [1.29, 1.82) is 0 Å². The number of aromatic amines is 1. The molecule has 8 aromatic heterocycles. The van der Waals surface area contributed by atoms with E-state index in [1.807, 2.05) is 13.8 Å². The maximum atomic E-state index is 14.8. The molecule has 800 valence electrons. The highest BCUT2D eigenvalue weighted by Crippen LogP contribution is 2.38. The first-order chi connectivity index (χ1) is 72.2. The molecular formula is C96H118ClF4N25O21S2. The largest absolute Gasteiger partial charge is 0.414 e. The van der Waals surface area contributed by atoms with Crippen LogP contribution in [0.25, 0.3) is 43.9 Å². The van der Waals surface area contributed by atoms with Gasteiger partial charge in [-0.05, 0) is 184 Å². The van der Waals surface area contributed by atoms with Gasteiger partial charge < -0.3 is 74.9 Å². The maximum Gasteiger partial charge on any atom is 0.412 e. The molecule has 5 amide bonds. The lowest BCUT2D eigenvalue weighted by molar-refractivity contribution is -0.385. The highest BCUT2D eigenvalue weighted by atomic mass is 35.5. The SMILES string of the molecule is CCOC1CCC(n2cc(NC(=O)c3csc(-c4cn[nH]c4)n3)c(-c3nc(F)ccc3F)n2)CC1.CCOC1CCC(n2cc(NC(=O)c3csc(-c4cnn(C(=O)NCCCN5CCOCC5)c4)n3)c(-c3nc(F)ccc3F)n2)CC1.NCCCN1CCOCC1.O=C(Cl)Oc1ccc([N+](=O)[O-])cc1.O=C(NCCCN1CCOCC1)Oc1ccc([N+](=O)[O-])cc1.O=C(NCCCN1CCOCC1)Oc1ccc([N+](=O)[O-])cc1. The summed E-state index contributed by atoms with van der Waals surface area (Å²) in [5.74, 6) is -3.53. The van der Waals surface area contributed by atoms with Crippen LogP contribution in [-0.2, 0) is 28.4 Å². The molecule has 0 atom stereocenters. The Morgan fingerprint density at radius 3 is 1.19 bits per heavy atom. The quantitative estimate of drug-likeness (QED) is 0.00484. The number of morpholine rings is 4. The average Bonchev–Trinajstić information content (AvgIpc) is 1.65. The number of benzene rings is 3. The molecule has 3 aromatic carbocycles. The Morgan fingerprint density at radius 1 is 0.470 bits per heavy atom. The van der Waals surface area contributed by atoms with Crippen molar-refractivity contribution in [2.75, 3.05) is 181 Å². The summed E-state index contributed by atoms with van der Waals surface area (Å²) in [5.41, 5.74) is 5.82. The Kier molecular flexibility index (Phi) is 45.9. The number of nitro groups is 3. The highest BCUT2D eigenvalue weighted by Gasteiger charge is 2.32. The summed E-state index contributed by atoms with van der Waals surface area (Å²) in [4.78, 5) is 128. The lowest BCUT2D eigenvalue weighted by Crippen LogP contribution is -2.38. The van der Waals surface area contributed by atoms with Crippen molar-refractivity contribution in [2.24, 2.45) is 5.73 Å². The average molecular weight is 2130 g/mol. The first-order valence-corrected chi connectivity index (χ1v) is 50.7. The van der Waals surface area contributed by atoms with Crippen LogP contribution in [0.3, 0.4) is 0 Å². The Hall–Kier alpha value is -13.8. The van der Waals surface area contributed by atoms with Crippen molar-refractivity contribution >= 4 is 98.2 Å². The zero-order valence-corrected chi connectivity index (χ0v) is 84.3. The smallest absolute Gasteiger partial charge is 0.412 e. The zero-order chi connectivity index (χ0) is 106. The molecule has 6 aliphatic rings. The van der Waals surface area contributed by atoms with Crippen LogP contribution in [0.15, 0.2) is 145 Å². The summed E-state index contributed by atoms with van der Waals surface area (Å²) in [6.07, 6.45) is 19.1. The van der Waals surface area contributed by atoms with E-state index in [1.165, 1.54) is 106 Å². The van der Waals surface area contributed by atoms with E-state index in [-0.39, 0.29) is 110 Å². The monoisotopic (exact) mass is 2130 g/mol. The third-order valence-corrected chi connectivity index (χ3v) is 25.6. The van der Waals surface area contributed by atoms with Gasteiger partial charge in [0, 0.05) is 180 Å². The summed E-state index contributed by atoms with van der Waals surface area (Å²) in [5, 5.41) is 69.1. The summed E-state index contributed by atoms with van der Waals surface area (Å²) >= 11 is 7.43. The molecule has 4 saturated heterocycles. The Balaban J connectivity index is 0.000000170. The van der Waals surface area contributed by atoms with Crippen LogP contribution in [-0.4, -0.2) is 312 Å². The number of H-pyrrole nitrogens is 1. The molecule has 0 unspecified atom stereocenters. The van der Waals surface area contributed by atoms with Gasteiger partial charge in [-0.3, -0.25) is 74.0 Å². The predicted octanol–water partition coefficient (Wildman–Crippen LogP) is 14.2. The number of nitro benzene ring substituents is 3. The van der Waals surface area contributed by atoms with Crippen molar-refractivity contribution in [3.63, 3.8) is 0 Å². The zero-order valence-electron chi connectivity index (χ0n) is 81.9. The van der Waals surface area contributed by atoms with Crippen LogP contribution in [0, 0.1) is 53.9 Å². The molecule has 2 saturated carbocycles. The van der Waals surface area contributed by atoms with Crippen LogP contribution in [0.2, 0.25) is 0 Å². The number of ether oxygens (including phenoxy) is 9. The number of pyridine rings is 2. The number of carbonyl (C=O) groups excluding carboxylic acids is 6. The summed E-state index contributed by atoms with van der Waals surface area (Å²) in [7, 11) is 0. The lowest BCUT2D eigenvalue weighted by atomic mass is 9.93. The van der Waals surface area contributed by atoms with Gasteiger partial charge in [0.15, 0.2) is 11.6 Å². The third kappa shape index (κ3) is 37.2. The Labute approximate surface area is 866 Å². The van der Waals surface area contributed by atoms with E-state index >= 15 is 0 Å². The second-order valence-corrected chi connectivity index (χ2v) is 36.1. The number of thiazole rings is 2. The van der Waals surface area contributed by atoms with Gasteiger partial charge in [-0.25, -0.2) is 47.9 Å². The van der Waals surface area contributed by atoms with Gasteiger partial charge >= 0.3 is 23.6 Å². The predicted molar refractivity (Wildman–Crippen MR) is 540 cm³/mol. The van der Waals surface area contributed by atoms with E-state index < -0.39 is 67.7 Å². The normalized spacial score (nSPS) is 16.9. The number of halogens is 5. The first kappa shape index (κ1) is 114. The number of hydrogen-bond donors (Lipinski definition) is 7. The van der Waals surface area contributed by atoms with E-state index in [1.54, 1.807) is 51.1 Å². The number of nitrogens with two attached hydrogens (primary N) is 1. The fraction of sp³-hybridized carbons (Fsp3) is 0.458. The Morgan fingerprint density at radius 2 is 0.839 bits per heavy atom. The van der Waals surface area contributed by atoms with E-state index in [2.05, 4.69) is 96.3 Å². The van der Waals surface area contributed by atoms with Crippen LogP contribution in [0.4, 0.5) is 65.2 Å². The van der Waals surface area contributed by atoms with Crippen molar-refractivity contribution < 1.29 is 104 Å². The van der Waals surface area contributed by atoms with Crippen LogP contribution in [0.5, 0.6) is 17.2 Å². The van der Waals surface area contributed by atoms with Gasteiger partial charge in [0.1, 0.15) is 61.4 Å². The fourth-order valence-corrected chi connectivity index (χ4v) is 17.7. The molecule has 0 bridgehead atoms. The van der Waals surface area contributed by atoms with Crippen LogP contribution in [0.1, 0.15) is 124 Å². The molecule has 4 aliphatic heterocycles. The van der Waals surface area contributed by atoms with Gasteiger partial charge in [0.25, 0.3) is 28.9 Å². The van der Waals surface area contributed by atoms with Gasteiger partial charge in [-0.2, -0.15) is 33.9 Å². The van der Waals surface area contributed by atoms with Gasteiger partial charge in [-0.15, -0.1) is 22.7 Å². The molecule has 6 fully saturated rings. The van der Waals surface area contributed by atoms with Crippen molar-refractivity contribution in [1.82, 2.24) is 95.0 Å². The summed E-state index contributed by atoms with van der Waals surface area (Å²) in [6, 6.07) is 19.3. The van der Waals surface area contributed by atoms with Gasteiger partial charge in [0.05, 0.1) is 116 Å². The molecule has 53 heteroatoms. The highest BCUT2D eigenvalue weighted by molar-refractivity contribution is 7.13. The number of anilines is 2. The lowest BCUT2D eigenvalue weighted by Gasteiger charge is -2.28. The number of hydrogen-bond acceptors (Lipinski definition) is 36. The molecule has 0 spiro atoms. The minimum absolute atomic E-state index is 0.00268. The number of carbonyl (C=O) groups is 6. The number of nitrogens with zero attached hydrogens (tertiary/aromatic N) is 18. The summed E-state index contributed by atoms with van der Waals surface area (Å²) in [6.45, 7) is 25.4. The van der Waals surface area contributed by atoms with E-state index in [4.69, 9.17) is 55.2 Å². The molecule has 46 nitrogen and oxygen atoms in total. The van der Waals surface area contributed by atoms with Crippen molar-refractivity contribution in [3.8, 4) is 61.2 Å². The van der Waals surface area contributed by atoms with Crippen LogP contribution < -0.4 is 46.5 Å². The second-order valence-electron chi connectivity index (χ2n) is 34.1. The molecule has 11 aromatic rings. The van der Waals surface area contributed by atoms with E-state index in [0.717, 1.165) is 245 Å². The van der Waals surface area contributed by atoms with Gasteiger partial charge in [0.2, 0.25) is 11.9 Å². The minimum atomic E-state index is -0.978. The Bertz CT molecular complexity index is 5980. The first-order valence-electron chi connectivity index (χ1n) is 48.6. The van der Waals surface area contributed by atoms with Crippen LogP contribution >= 0.6 is 34.3 Å². The molecule has 2 aliphatic carbocycles. The fourth-order valence-electron chi connectivity index (χ4n) is 16.1. The molecule has 17 rings (SSSR count). The molecular weight excluding hydrogens is 2010 g/mol. The van der Waals surface area contributed by atoms with E-state index in [9.17, 15) is 76.7 Å². The van der Waals surface area contributed by atoms with E-state index in [0.29, 0.717) is 48.4 Å². The summed E-state index contributed by atoms with van der Waals surface area (Å²) < 4.78 is 109. The molecule has 149 heavy (non-hydrogen) atoms. The number of amides is 5. The number of non-ortho nitro benzene ring substituents is 3. The maximum absolute atomic E-state index is 14.8. The van der Waals surface area contributed by atoms with Gasteiger partial charge in [-0.1, -0.05) is 0 Å². The standard InChI is InChI=1S/C31H37F2N9O4S.C23H23F2N7O2S.2C14H19N3O5.C7H4ClNO4.C7H16N2O/c1-2-46-22-6-4-21(5-7-22)41-18-24(28(39-41)27-23(32)8-9-26(33)38-27)36-29(43)25-19-47-30(37-25)20-16-35-42(17-20)31(44)34-10-3-11-40-12-14-45-15-13-40;1-2-34-15-5-3-14(4-6-15)32-11-17(21(31-32)20-16(24)7-8-19(25)30-20)28-22(33)18-12-35-23(29-18)13-9-26-27-10-13;2*18-14(15-6-1-7-16-8-10-21-11-9-16)22-13-4-2-12(3-5-13)17(19)20;8-7(10)13-6-3-1-5(2-4-6)9(11)12;8-2-1-3-9-4-6-10-7-5-9/h8-9,16-19,21-22H,2-7,10-15H2,1H3,(H,34,44)(H,36,43);7-12,14-15H,2-6H2,1H3,(H,26,27)(H,28,33);2*2-5H,1,6-11H2,(H,15,18);1-4H;1-8H2. The number of aromatic nitrogens is 12. The molecule has 0 radical (unpaired) electrons. The van der Waals surface area contributed by atoms with Crippen molar-refractivity contribution in [2.45, 2.75) is 115 Å².